The Morgan fingerprint density at radius 3 is 2.76 bits per heavy atom. The first-order valence-corrected chi connectivity index (χ1v) is 4.95. The number of amides is 1. The quantitative estimate of drug-likeness (QED) is 0.696. The van der Waals surface area contributed by atoms with Gasteiger partial charge in [-0.05, 0) is 25.5 Å². The Kier molecular flexibility index (Phi) is 2.73. The van der Waals surface area contributed by atoms with Crippen LogP contribution in [-0.4, -0.2) is 26.1 Å². The maximum atomic E-state index is 11.8. The SMILES string of the molecule is Cc1cc(C)c(C(=O)Nc2ncn[nH]2)c(=O)[nH]1. The molecule has 0 radical (unpaired) electrons. The van der Waals surface area contributed by atoms with Gasteiger partial charge in [0, 0.05) is 5.69 Å². The van der Waals surface area contributed by atoms with Crippen LogP contribution in [0.15, 0.2) is 17.2 Å². The van der Waals surface area contributed by atoms with Crippen molar-refractivity contribution in [2.24, 2.45) is 0 Å². The minimum Gasteiger partial charge on any atom is -0.326 e. The van der Waals surface area contributed by atoms with Gasteiger partial charge in [-0.15, -0.1) is 0 Å². The molecule has 0 atom stereocenters. The summed E-state index contributed by atoms with van der Waals surface area (Å²) in [5, 5.41) is 8.53. The topological polar surface area (TPSA) is 104 Å². The summed E-state index contributed by atoms with van der Waals surface area (Å²) in [6.45, 7) is 3.46. The lowest BCUT2D eigenvalue weighted by Gasteiger charge is -2.05. The number of carbonyl (C=O) groups excluding carboxylic acids is 1. The number of rotatable bonds is 2. The number of aromatic nitrogens is 4. The molecule has 2 heterocycles. The monoisotopic (exact) mass is 233 g/mol. The first-order chi connectivity index (χ1) is 8.08. The number of carbonyl (C=O) groups is 1. The Balaban J connectivity index is 2.35. The van der Waals surface area contributed by atoms with Gasteiger partial charge in [0.05, 0.1) is 0 Å². The highest BCUT2D eigenvalue weighted by molar-refractivity contribution is 6.04. The minimum atomic E-state index is -0.513. The van der Waals surface area contributed by atoms with E-state index in [2.05, 4.69) is 25.5 Å². The van der Waals surface area contributed by atoms with Crippen LogP contribution in [-0.2, 0) is 0 Å². The molecule has 7 nitrogen and oxygen atoms in total. The summed E-state index contributed by atoms with van der Waals surface area (Å²) in [4.78, 5) is 29.8. The Morgan fingerprint density at radius 2 is 2.18 bits per heavy atom. The molecule has 0 saturated carbocycles. The summed E-state index contributed by atoms with van der Waals surface area (Å²) in [5.41, 5.74) is 0.985. The second-order valence-corrected chi connectivity index (χ2v) is 3.63. The Morgan fingerprint density at radius 1 is 1.41 bits per heavy atom. The summed E-state index contributed by atoms with van der Waals surface area (Å²) in [5.74, 6) is -0.310. The third-order valence-corrected chi connectivity index (χ3v) is 2.24. The highest BCUT2D eigenvalue weighted by Gasteiger charge is 2.15. The van der Waals surface area contributed by atoms with Gasteiger partial charge in [0.25, 0.3) is 11.5 Å². The maximum absolute atomic E-state index is 11.8. The number of nitrogens with one attached hydrogen (secondary N) is 3. The van der Waals surface area contributed by atoms with Crippen LogP contribution in [0.25, 0.3) is 0 Å². The van der Waals surface area contributed by atoms with Crippen molar-refractivity contribution in [3.05, 3.63) is 39.6 Å². The lowest BCUT2D eigenvalue weighted by molar-refractivity contribution is 0.102. The Labute approximate surface area is 96.3 Å². The molecule has 17 heavy (non-hydrogen) atoms. The largest absolute Gasteiger partial charge is 0.326 e. The molecule has 0 bridgehead atoms. The lowest BCUT2D eigenvalue weighted by Crippen LogP contribution is -2.25. The van der Waals surface area contributed by atoms with Crippen molar-refractivity contribution in [1.29, 1.82) is 0 Å². The van der Waals surface area contributed by atoms with Gasteiger partial charge in [-0.1, -0.05) is 0 Å². The smallest absolute Gasteiger partial charge is 0.263 e. The highest BCUT2D eigenvalue weighted by Crippen LogP contribution is 2.05. The molecule has 0 saturated heterocycles. The van der Waals surface area contributed by atoms with E-state index >= 15 is 0 Å². The van der Waals surface area contributed by atoms with Crippen LogP contribution in [0.2, 0.25) is 0 Å². The van der Waals surface area contributed by atoms with E-state index in [1.54, 1.807) is 19.9 Å². The number of hydrogen-bond acceptors (Lipinski definition) is 4. The van der Waals surface area contributed by atoms with E-state index in [4.69, 9.17) is 0 Å². The van der Waals surface area contributed by atoms with Crippen LogP contribution in [0.3, 0.4) is 0 Å². The number of aromatic amines is 2. The first kappa shape index (κ1) is 11.1. The third kappa shape index (κ3) is 2.22. The molecule has 0 unspecified atom stereocenters. The molecular weight excluding hydrogens is 222 g/mol. The highest BCUT2D eigenvalue weighted by atomic mass is 16.2. The zero-order valence-corrected chi connectivity index (χ0v) is 9.37. The van der Waals surface area contributed by atoms with Crippen LogP contribution in [0, 0.1) is 13.8 Å². The van der Waals surface area contributed by atoms with Crippen LogP contribution in [0.1, 0.15) is 21.6 Å². The average molecular weight is 233 g/mol. The molecule has 7 heteroatoms. The summed E-state index contributed by atoms with van der Waals surface area (Å²) in [6.07, 6.45) is 1.27. The standard InChI is InChI=1S/C10H11N5O2/c1-5-3-6(2)13-8(16)7(5)9(17)14-10-11-4-12-15-10/h3-4H,1-2H3,(H,13,16)(H2,11,12,14,15,17). The summed E-state index contributed by atoms with van der Waals surface area (Å²) in [6, 6.07) is 1.73. The zero-order chi connectivity index (χ0) is 12.4. The molecule has 2 aromatic heterocycles. The van der Waals surface area contributed by atoms with Crippen LogP contribution >= 0.6 is 0 Å². The van der Waals surface area contributed by atoms with Gasteiger partial charge in [-0.25, -0.2) is 5.10 Å². The summed E-state index contributed by atoms with van der Waals surface area (Å²) in [7, 11) is 0. The molecule has 2 rings (SSSR count). The van der Waals surface area contributed by atoms with Gasteiger partial charge in [-0.2, -0.15) is 10.1 Å². The van der Waals surface area contributed by atoms with E-state index in [9.17, 15) is 9.59 Å². The zero-order valence-electron chi connectivity index (χ0n) is 9.37. The fourth-order valence-corrected chi connectivity index (χ4v) is 1.57. The second kappa shape index (κ2) is 4.20. The van der Waals surface area contributed by atoms with Crippen molar-refractivity contribution < 1.29 is 4.79 Å². The summed E-state index contributed by atoms with van der Waals surface area (Å²) < 4.78 is 0. The van der Waals surface area contributed by atoms with Gasteiger partial charge in [0.2, 0.25) is 5.95 Å². The van der Waals surface area contributed by atoms with E-state index in [1.165, 1.54) is 6.33 Å². The van der Waals surface area contributed by atoms with Crippen molar-refractivity contribution >= 4 is 11.9 Å². The Bertz CT molecular complexity index is 600. The van der Waals surface area contributed by atoms with Gasteiger partial charge >= 0.3 is 0 Å². The number of nitrogens with zero attached hydrogens (tertiary/aromatic N) is 2. The van der Waals surface area contributed by atoms with E-state index < -0.39 is 11.5 Å². The third-order valence-electron chi connectivity index (χ3n) is 2.24. The molecule has 0 aliphatic carbocycles. The van der Waals surface area contributed by atoms with Gasteiger partial charge in [0.1, 0.15) is 11.9 Å². The normalized spacial score (nSPS) is 10.2. The number of H-pyrrole nitrogens is 2. The molecule has 0 fully saturated rings. The number of hydrogen-bond donors (Lipinski definition) is 3. The fourth-order valence-electron chi connectivity index (χ4n) is 1.57. The molecule has 3 N–H and O–H groups in total. The van der Waals surface area contributed by atoms with E-state index in [0.29, 0.717) is 11.3 Å². The van der Waals surface area contributed by atoms with E-state index in [-0.39, 0.29) is 11.5 Å². The van der Waals surface area contributed by atoms with Gasteiger partial charge < -0.3 is 4.98 Å². The fraction of sp³-hybridized carbons (Fsp3) is 0.200. The minimum absolute atomic E-state index is 0.0759. The lowest BCUT2D eigenvalue weighted by atomic mass is 10.1. The predicted octanol–water partition coefficient (Wildman–Crippen LogP) is 0.362. The molecular formula is C10H11N5O2. The number of pyridine rings is 1. The molecule has 0 aliphatic heterocycles. The van der Waals surface area contributed by atoms with Crippen molar-refractivity contribution in [2.45, 2.75) is 13.8 Å². The maximum Gasteiger partial charge on any atom is 0.263 e. The summed E-state index contributed by atoms with van der Waals surface area (Å²) >= 11 is 0. The molecule has 88 valence electrons. The molecule has 0 aliphatic rings. The van der Waals surface area contributed by atoms with Crippen LogP contribution in [0.4, 0.5) is 5.95 Å². The van der Waals surface area contributed by atoms with Crippen molar-refractivity contribution in [3.8, 4) is 0 Å². The van der Waals surface area contributed by atoms with E-state index in [0.717, 1.165) is 0 Å². The Hall–Kier alpha value is -2.44. The molecule has 1 amide bonds. The molecule has 0 spiro atoms. The molecule has 2 aromatic rings. The predicted molar refractivity (Wildman–Crippen MR) is 60.9 cm³/mol. The first-order valence-electron chi connectivity index (χ1n) is 4.95. The number of aryl methyl sites for hydroxylation is 2. The van der Waals surface area contributed by atoms with Gasteiger partial charge in [0.15, 0.2) is 0 Å². The van der Waals surface area contributed by atoms with Crippen molar-refractivity contribution in [3.63, 3.8) is 0 Å². The average Bonchev–Trinajstić information content (AvgIpc) is 2.68. The van der Waals surface area contributed by atoms with Crippen molar-refractivity contribution in [1.82, 2.24) is 20.2 Å². The van der Waals surface area contributed by atoms with E-state index in [1.807, 2.05) is 0 Å². The van der Waals surface area contributed by atoms with Gasteiger partial charge in [-0.3, -0.25) is 14.9 Å². The molecule has 0 aromatic carbocycles. The van der Waals surface area contributed by atoms with Crippen LogP contribution < -0.4 is 10.9 Å². The number of anilines is 1. The van der Waals surface area contributed by atoms with Crippen molar-refractivity contribution in [2.75, 3.05) is 5.32 Å². The van der Waals surface area contributed by atoms with Crippen LogP contribution in [0.5, 0.6) is 0 Å². The second-order valence-electron chi connectivity index (χ2n) is 3.63.